The number of nitrogens with one attached hydrogen (secondary N) is 1. The zero-order valence-electron chi connectivity index (χ0n) is 37.7. The van der Waals surface area contributed by atoms with Crippen molar-refractivity contribution >= 4 is 41.5 Å². The van der Waals surface area contributed by atoms with Crippen LogP contribution < -0.4 is 5.32 Å². The van der Waals surface area contributed by atoms with Gasteiger partial charge in [-0.15, -0.1) is 0 Å². The molecule has 2 bridgehead atoms. The molecule has 3 aromatic carbocycles. The summed E-state index contributed by atoms with van der Waals surface area (Å²) in [4.78, 5) is 97.8. The minimum absolute atomic E-state index is 0.0597. The van der Waals surface area contributed by atoms with E-state index in [2.05, 4.69) is 5.32 Å². The number of esters is 5. The van der Waals surface area contributed by atoms with Gasteiger partial charge in [-0.1, -0.05) is 80.6 Å². The first-order valence-corrected chi connectivity index (χ1v) is 21.7. The third-order valence-corrected chi connectivity index (χ3v) is 14.1. The molecule has 0 radical (unpaired) electrons. The summed E-state index contributed by atoms with van der Waals surface area (Å²) in [6.45, 7) is 11.0. The van der Waals surface area contributed by atoms with Gasteiger partial charge in [-0.25, -0.2) is 4.79 Å². The van der Waals surface area contributed by atoms with Crippen LogP contribution in [0.2, 0.25) is 0 Å². The van der Waals surface area contributed by atoms with Crippen molar-refractivity contribution in [2.75, 3.05) is 6.61 Å². The van der Waals surface area contributed by atoms with Crippen molar-refractivity contribution in [2.24, 2.45) is 22.7 Å². The molecule has 65 heavy (non-hydrogen) atoms. The molecule has 0 aromatic heterocycles. The summed E-state index contributed by atoms with van der Waals surface area (Å²) in [6, 6.07) is 24.4. The SMILES string of the molecule is CC(=O)OC1C[C@H]2OC[C@@]2(OC(C)=O)C2[C@H](OC(=O)c3ccccc3)[C@]3(O)C[C@H](OC(=O)[C@H](C)[C@@H](NC(=O)c4ccccc4)c4ccccc4)C(C)=C([C@@H](OC(C)=O)C(=O)[C@]12C)C3(C)C. The normalized spacial score (nSPS) is 30.8. The first-order valence-electron chi connectivity index (χ1n) is 21.7. The highest BCUT2D eigenvalue weighted by Gasteiger charge is 2.79. The van der Waals surface area contributed by atoms with E-state index < -0.39 is 118 Å². The van der Waals surface area contributed by atoms with Gasteiger partial charge < -0.3 is 38.8 Å². The van der Waals surface area contributed by atoms with Gasteiger partial charge in [0.05, 0.1) is 35.5 Å². The summed E-state index contributed by atoms with van der Waals surface area (Å²) in [5.41, 5.74) is -6.41. The maximum Gasteiger partial charge on any atom is 0.338 e. The van der Waals surface area contributed by atoms with E-state index in [4.69, 9.17) is 28.4 Å². The maximum absolute atomic E-state index is 15.9. The fourth-order valence-corrected chi connectivity index (χ4v) is 10.7. The second kappa shape index (κ2) is 17.7. The molecule has 15 nitrogen and oxygen atoms in total. The highest BCUT2D eigenvalue weighted by atomic mass is 16.6. The van der Waals surface area contributed by atoms with E-state index in [-0.39, 0.29) is 29.7 Å². The van der Waals surface area contributed by atoms with E-state index >= 15 is 4.79 Å². The number of amides is 1. The molecule has 3 aliphatic carbocycles. The van der Waals surface area contributed by atoms with Crippen LogP contribution in [0.3, 0.4) is 0 Å². The number of benzene rings is 3. The molecule has 1 saturated heterocycles. The Morgan fingerprint density at radius 2 is 1.34 bits per heavy atom. The van der Waals surface area contributed by atoms with Crippen LogP contribution in [0, 0.1) is 22.7 Å². The van der Waals surface area contributed by atoms with Gasteiger partial charge in [0, 0.05) is 44.6 Å². The molecule has 2 saturated carbocycles. The molecule has 3 fully saturated rings. The molecule has 3 aromatic rings. The van der Waals surface area contributed by atoms with Crippen molar-refractivity contribution in [2.45, 2.75) is 116 Å². The van der Waals surface area contributed by atoms with Crippen LogP contribution in [0.1, 0.15) is 101 Å². The van der Waals surface area contributed by atoms with Crippen molar-refractivity contribution in [3.63, 3.8) is 0 Å². The fourth-order valence-electron chi connectivity index (χ4n) is 10.7. The fraction of sp³-hybridized carbons (Fsp3) is 0.460. The first-order chi connectivity index (χ1) is 30.7. The van der Waals surface area contributed by atoms with Gasteiger partial charge in [-0.2, -0.15) is 0 Å². The monoisotopic (exact) mass is 893 g/mol. The zero-order valence-corrected chi connectivity index (χ0v) is 37.7. The number of aliphatic hydroxyl groups is 1. The molecule has 1 heterocycles. The molecule has 0 spiro atoms. The molecular weight excluding hydrogens is 839 g/mol. The van der Waals surface area contributed by atoms with Crippen molar-refractivity contribution in [3.8, 4) is 0 Å². The number of fused-ring (bicyclic) bond motifs is 5. The Morgan fingerprint density at radius 3 is 1.88 bits per heavy atom. The van der Waals surface area contributed by atoms with E-state index in [1.165, 1.54) is 26.0 Å². The zero-order chi connectivity index (χ0) is 47.2. The molecule has 15 heteroatoms. The Hall–Kier alpha value is -6.19. The second-order valence-electron chi connectivity index (χ2n) is 18.3. The molecule has 344 valence electrons. The van der Waals surface area contributed by atoms with Crippen molar-refractivity contribution in [1.29, 1.82) is 0 Å². The summed E-state index contributed by atoms with van der Waals surface area (Å²) in [7, 11) is 0. The summed E-state index contributed by atoms with van der Waals surface area (Å²) < 4.78 is 37.0. The number of ether oxygens (including phenoxy) is 6. The Balaban J connectivity index is 1.42. The number of hydrogen-bond donors (Lipinski definition) is 2. The second-order valence-corrected chi connectivity index (χ2v) is 18.3. The summed E-state index contributed by atoms with van der Waals surface area (Å²) in [5, 5.41) is 16.9. The van der Waals surface area contributed by atoms with Gasteiger partial charge >= 0.3 is 29.8 Å². The number of ketones is 1. The van der Waals surface area contributed by atoms with Crippen molar-refractivity contribution in [3.05, 3.63) is 119 Å². The first kappa shape index (κ1) is 46.8. The number of carbonyl (C=O) groups excluding carboxylic acids is 7. The minimum Gasteiger partial charge on any atom is -0.461 e. The third-order valence-electron chi connectivity index (χ3n) is 14.1. The topological polar surface area (TPSA) is 207 Å². The summed E-state index contributed by atoms with van der Waals surface area (Å²) in [6.07, 6.45) is -7.93. The third kappa shape index (κ3) is 8.13. The van der Waals surface area contributed by atoms with E-state index in [0.29, 0.717) is 11.1 Å². The molecular formula is C50H55NO14. The average molecular weight is 894 g/mol. The van der Waals surface area contributed by atoms with Crippen molar-refractivity contribution < 1.29 is 67.1 Å². The highest BCUT2D eigenvalue weighted by Crippen LogP contribution is 2.65. The lowest BCUT2D eigenvalue weighted by Gasteiger charge is -2.67. The number of Topliss-reactive ketones (excluding diaryl/α,β-unsaturated/α-hetero) is 1. The lowest BCUT2D eigenvalue weighted by atomic mass is 9.44. The van der Waals surface area contributed by atoms with Crippen LogP contribution >= 0.6 is 0 Å². The maximum atomic E-state index is 15.9. The van der Waals surface area contributed by atoms with Crippen LogP contribution in [-0.2, 0) is 52.4 Å². The molecule has 11 atom stereocenters. The van der Waals surface area contributed by atoms with E-state index in [1.807, 2.05) is 0 Å². The molecule has 1 aliphatic heterocycles. The summed E-state index contributed by atoms with van der Waals surface area (Å²) in [5.74, 6) is -7.97. The highest BCUT2D eigenvalue weighted by molar-refractivity contribution is 5.96. The number of carbonyl (C=O) groups is 7. The predicted molar refractivity (Wildman–Crippen MR) is 230 cm³/mol. The van der Waals surface area contributed by atoms with Crippen molar-refractivity contribution in [1.82, 2.24) is 5.32 Å². The van der Waals surface area contributed by atoms with Crippen LogP contribution in [-0.4, -0.2) is 95.0 Å². The van der Waals surface area contributed by atoms with Gasteiger partial charge in [0.25, 0.3) is 5.91 Å². The lowest BCUT2D eigenvalue weighted by molar-refractivity contribution is -0.346. The average Bonchev–Trinajstić information content (AvgIpc) is 3.26. The van der Waals surface area contributed by atoms with Crippen LogP contribution in [0.15, 0.2) is 102 Å². The number of rotatable bonds is 11. The van der Waals surface area contributed by atoms with E-state index in [0.717, 1.165) is 13.8 Å². The Kier molecular flexibility index (Phi) is 12.7. The van der Waals surface area contributed by atoms with Gasteiger partial charge in [-0.3, -0.25) is 28.8 Å². The van der Waals surface area contributed by atoms with Gasteiger partial charge in [0.15, 0.2) is 17.5 Å². The van der Waals surface area contributed by atoms with Gasteiger partial charge in [0.2, 0.25) is 0 Å². The molecule has 7 rings (SSSR count). The van der Waals surface area contributed by atoms with E-state index in [9.17, 15) is 33.9 Å². The molecule has 4 aliphatic rings. The lowest BCUT2D eigenvalue weighted by Crippen LogP contribution is -2.82. The molecule has 1 amide bonds. The standard InChI is InChI=1S/C50H55NO14/c1-27-35(63-45(57)28(2)39(32-18-12-9-13-19-32)51-44(56)33-20-14-10-15-21-33)25-50(59)43(64-46(58)34-22-16-11-17-23-34)41-48(8,42(55)40(62-30(4)53)38(27)47(50,6)7)36(61-29(3)52)24-37-49(41,26-60-37)65-31(5)54/h9-23,28,35-37,39-41,43,59H,24-26H2,1-8H3,(H,51,56)/t28-,35+,36?,37-,39-,40-,41?,43+,48-,49+,50-/m1/s1. The van der Waals surface area contributed by atoms with Gasteiger partial charge in [0.1, 0.15) is 30.0 Å². The Labute approximate surface area is 377 Å². The van der Waals surface area contributed by atoms with Gasteiger partial charge in [-0.05, 0) is 61.7 Å². The van der Waals surface area contributed by atoms with Crippen LogP contribution in [0.25, 0.3) is 0 Å². The Bertz CT molecular complexity index is 2400. The molecule has 2 unspecified atom stereocenters. The predicted octanol–water partition coefficient (Wildman–Crippen LogP) is 5.58. The van der Waals surface area contributed by atoms with E-state index in [1.54, 1.807) is 107 Å². The largest absolute Gasteiger partial charge is 0.461 e. The molecule has 2 N–H and O–H groups in total. The smallest absolute Gasteiger partial charge is 0.338 e. The quantitative estimate of drug-likeness (QED) is 0.137. The van der Waals surface area contributed by atoms with Crippen LogP contribution in [0.4, 0.5) is 0 Å². The number of hydrogen-bond acceptors (Lipinski definition) is 14. The van der Waals surface area contributed by atoms with Crippen LogP contribution in [0.5, 0.6) is 0 Å². The minimum atomic E-state index is -2.35. The Morgan fingerprint density at radius 1 is 0.769 bits per heavy atom. The summed E-state index contributed by atoms with van der Waals surface area (Å²) >= 11 is 0.